The minimum Gasteiger partial charge on any atom is -0.445 e. The molecule has 1 N–H and O–H groups in total. The van der Waals surface area contributed by atoms with Crippen LogP contribution in [0.2, 0.25) is 0 Å². The first-order valence-electron chi connectivity index (χ1n) is 10.6. The molecule has 1 unspecified atom stereocenters. The van der Waals surface area contributed by atoms with E-state index in [4.69, 9.17) is 4.74 Å². The summed E-state index contributed by atoms with van der Waals surface area (Å²) in [6, 6.07) is 13.4. The quantitative estimate of drug-likeness (QED) is 0.789. The van der Waals surface area contributed by atoms with Gasteiger partial charge < -0.3 is 19.9 Å². The van der Waals surface area contributed by atoms with Crippen LogP contribution in [0.15, 0.2) is 42.5 Å². The lowest BCUT2D eigenvalue weighted by molar-refractivity contribution is -0.134. The average Bonchev–Trinajstić information content (AvgIpc) is 2.75. The fourth-order valence-corrected chi connectivity index (χ4v) is 4.22. The summed E-state index contributed by atoms with van der Waals surface area (Å²) in [5, 5.41) is 2.98. The number of rotatable bonds is 4. The third kappa shape index (κ3) is 3.92. The summed E-state index contributed by atoms with van der Waals surface area (Å²) in [6.07, 6.45) is 0.361. The first kappa shape index (κ1) is 20.4. The Balaban J connectivity index is 1.47. The van der Waals surface area contributed by atoms with Crippen molar-refractivity contribution >= 4 is 23.3 Å². The number of carbonyl (C=O) groups is 2. The number of nitrogens with one attached hydrogen (secondary N) is 1. The van der Waals surface area contributed by atoms with Crippen molar-refractivity contribution in [3.05, 3.63) is 59.2 Å². The van der Waals surface area contributed by atoms with E-state index in [9.17, 15) is 9.59 Å². The molecule has 2 aromatic rings. The normalized spacial score (nSPS) is 21.7. The summed E-state index contributed by atoms with van der Waals surface area (Å²) in [5.41, 5.74) is 3.05. The zero-order chi connectivity index (χ0) is 21.3. The summed E-state index contributed by atoms with van der Waals surface area (Å²) in [6.45, 7) is 11.1. The summed E-state index contributed by atoms with van der Waals surface area (Å²) in [7, 11) is 0. The van der Waals surface area contributed by atoms with E-state index < -0.39 is 11.6 Å². The Morgan fingerprint density at radius 1 is 1.13 bits per heavy atom. The van der Waals surface area contributed by atoms with Crippen molar-refractivity contribution in [3.63, 3.8) is 0 Å². The summed E-state index contributed by atoms with van der Waals surface area (Å²) < 4.78 is 5.55. The molecule has 158 valence electrons. The maximum Gasteiger partial charge on any atom is 0.339 e. The lowest BCUT2D eigenvalue weighted by Crippen LogP contribution is -2.49. The molecule has 0 saturated carbocycles. The fraction of sp³-hybridized carbons (Fsp3) is 0.417. The highest BCUT2D eigenvalue weighted by molar-refractivity contribution is 6.02. The van der Waals surface area contributed by atoms with E-state index in [1.165, 1.54) is 5.69 Å². The van der Waals surface area contributed by atoms with Gasteiger partial charge in [-0.05, 0) is 55.8 Å². The third-order valence-corrected chi connectivity index (χ3v) is 6.21. The Hall–Kier alpha value is -2.86. The van der Waals surface area contributed by atoms with Crippen LogP contribution in [0.5, 0.6) is 0 Å². The fourth-order valence-electron chi connectivity index (χ4n) is 4.22. The van der Waals surface area contributed by atoms with Crippen LogP contribution in [0.1, 0.15) is 35.3 Å². The number of piperazine rings is 1. The number of amides is 1. The van der Waals surface area contributed by atoms with Crippen LogP contribution in [0, 0.1) is 6.92 Å². The molecule has 0 aromatic heterocycles. The minimum atomic E-state index is -1.23. The molecule has 0 spiro atoms. The van der Waals surface area contributed by atoms with E-state index in [1.54, 1.807) is 19.1 Å². The lowest BCUT2D eigenvalue weighted by Gasteiger charge is -2.36. The van der Waals surface area contributed by atoms with Crippen molar-refractivity contribution in [1.82, 2.24) is 4.90 Å². The van der Waals surface area contributed by atoms with Crippen LogP contribution < -0.4 is 10.2 Å². The first-order chi connectivity index (χ1) is 14.4. The maximum absolute atomic E-state index is 13.0. The predicted octanol–water partition coefficient (Wildman–Crippen LogP) is 3.25. The zero-order valence-corrected chi connectivity index (χ0v) is 17.9. The van der Waals surface area contributed by atoms with Crippen LogP contribution in [-0.4, -0.2) is 55.1 Å². The number of benzene rings is 2. The highest BCUT2D eigenvalue weighted by Gasteiger charge is 2.42. The first-order valence-corrected chi connectivity index (χ1v) is 10.6. The number of carbonyl (C=O) groups excluding carboxylic acids is 2. The van der Waals surface area contributed by atoms with Crippen LogP contribution in [0.4, 0.5) is 11.4 Å². The molecule has 4 rings (SSSR count). The van der Waals surface area contributed by atoms with Gasteiger partial charge in [0.2, 0.25) is 0 Å². The highest BCUT2D eigenvalue weighted by atomic mass is 16.6. The second-order valence-corrected chi connectivity index (χ2v) is 8.33. The maximum atomic E-state index is 13.0. The van der Waals surface area contributed by atoms with Crippen molar-refractivity contribution in [3.8, 4) is 0 Å². The lowest BCUT2D eigenvalue weighted by atomic mass is 9.89. The molecule has 2 aromatic carbocycles. The monoisotopic (exact) mass is 407 g/mol. The van der Waals surface area contributed by atoms with Gasteiger partial charge in [-0.25, -0.2) is 4.79 Å². The van der Waals surface area contributed by atoms with Gasteiger partial charge in [-0.3, -0.25) is 4.79 Å². The van der Waals surface area contributed by atoms with Crippen LogP contribution in [0.3, 0.4) is 0 Å². The Bertz CT molecular complexity index is 966. The van der Waals surface area contributed by atoms with Crippen molar-refractivity contribution in [2.75, 3.05) is 42.9 Å². The number of hydrogen-bond acceptors (Lipinski definition) is 5. The number of cyclic esters (lactones) is 1. The largest absolute Gasteiger partial charge is 0.445 e. The summed E-state index contributed by atoms with van der Waals surface area (Å²) >= 11 is 0. The smallest absolute Gasteiger partial charge is 0.339 e. The molecule has 0 radical (unpaired) electrons. The zero-order valence-electron chi connectivity index (χ0n) is 17.9. The van der Waals surface area contributed by atoms with Gasteiger partial charge in [-0.2, -0.15) is 0 Å². The Morgan fingerprint density at radius 2 is 1.87 bits per heavy atom. The van der Waals surface area contributed by atoms with Gasteiger partial charge in [-0.15, -0.1) is 0 Å². The molecule has 1 atom stereocenters. The molecule has 6 nitrogen and oxygen atoms in total. The summed E-state index contributed by atoms with van der Waals surface area (Å²) in [5.74, 6) is -0.759. The van der Waals surface area contributed by atoms with E-state index in [1.807, 2.05) is 25.1 Å². The van der Waals surface area contributed by atoms with E-state index in [0.29, 0.717) is 12.0 Å². The van der Waals surface area contributed by atoms with Crippen LogP contribution in [0.25, 0.3) is 0 Å². The second kappa shape index (κ2) is 8.11. The number of aryl methyl sites for hydroxylation is 1. The number of ether oxygens (including phenoxy) is 1. The van der Waals surface area contributed by atoms with Crippen molar-refractivity contribution in [1.29, 1.82) is 0 Å². The van der Waals surface area contributed by atoms with Crippen LogP contribution in [-0.2, 0) is 16.0 Å². The van der Waals surface area contributed by atoms with Gasteiger partial charge in [0.05, 0.1) is 5.56 Å². The van der Waals surface area contributed by atoms with E-state index >= 15 is 0 Å². The Morgan fingerprint density at radius 3 is 2.57 bits per heavy atom. The van der Waals surface area contributed by atoms with Crippen molar-refractivity contribution in [2.24, 2.45) is 0 Å². The van der Waals surface area contributed by atoms with E-state index in [0.717, 1.165) is 49.5 Å². The van der Waals surface area contributed by atoms with E-state index in [-0.39, 0.29) is 5.91 Å². The van der Waals surface area contributed by atoms with Gasteiger partial charge in [0, 0.05) is 44.0 Å². The number of nitrogens with zero attached hydrogens (tertiary/aromatic N) is 2. The predicted molar refractivity (Wildman–Crippen MR) is 118 cm³/mol. The molecule has 1 saturated heterocycles. The SMILES string of the molecule is CCN1CCN(c2ccc(NC(=O)C3(C)Cc4ccccc4C(=O)O3)c(C)c2)CC1. The highest BCUT2D eigenvalue weighted by Crippen LogP contribution is 2.30. The topological polar surface area (TPSA) is 61.9 Å². The molecule has 0 bridgehead atoms. The molecule has 1 fully saturated rings. The molecule has 6 heteroatoms. The van der Waals surface area contributed by atoms with Crippen molar-refractivity contribution < 1.29 is 14.3 Å². The summed E-state index contributed by atoms with van der Waals surface area (Å²) in [4.78, 5) is 30.3. The third-order valence-electron chi connectivity index (χ3n) is 6.21. The molecule has 2 aliphatic heterocycles. The van der Waals surface area contributed by atoms with Gasteiger partial charge in [0.1, 0.15) is 0 Å². The van der Waals surface area contributed by atoms with Crippen LogP contribution >= 0.6 is 0 Å². The Kier molecular flexibility index (Phi) is 5.52. The molecular formula is C24H29N3O3. The molecule has 1 amide bonds. The number of fused-ring (bicyclic) bond motifs is 1. The molecule has 30 heavy (non-hydrogen) atoms. The van der Waals surface area contributed by atoms with Crippen molar-refractivity contribution in [2.45, 2.75) is 32.8 Å². The van der Waals surface area contributed by atoms with Gasteiger partial charge >= 0.3 is 5.97 Å². The molecule has 2 heterocycles. The average molecular weight is 408 g/mol. The number of likely N-dealkylation sites (N-methyl/N-ethyl adjacent to an activating group) is 1. The number of anilines is 2. The molecule has 2 aliphatic rings. The number of esters is 1. The molecule has 0 aliphatic carbocycles. The minimum absolute atomic E-state index is 0.308. The second-order valence-electron chi connectivity index (χ2n) is 8.33. The Labute approximate surface area is 177 Å². The van der Waals surface area contributed by atoms with Gasteiger partial charge in [0.25, 0.3) is 5.91 Å². The van der Waals surface area contributed by atoms with E-state index in [2.05, 4.69) is 34.2 Å². The van der Waals surface area contributed by atoms with Gasteiger partial charge in [0.15, 0.2) is 5.60 Å². The van der Waals surface area contributed by atoms with Gasteiger partial charge in [-0.1, -0.05) is 25.1 Å². The standard InChI is InChI=1S/C24H29N3O3/c1-4-26-11-13-27(14-12-26)19-9-10-21(17(2)15-19)25-23(29)24(3)16-18-7-5-6-8-20(18)22(28)30-24/h5-10,15H,4,11-14,16H2,1-3H3,(H,25,29). The number of hydrogen-bond donors (Lipinski definition) is 1. The molecular weight excluding hydrogens is 378 g/mol.